The van der Waals surface area contributed by atoms with E-state index >= 15 is 0 Å². The normalized spacial score (nSPS) is 17.3. The van der Waals surface area contributed by atoms with Gasteiger partial charge < -0.3 is 5.11 Å². The summed E-state index contributed by atoms with van der Waals surface area (Å²) in [5.74, 6) is 0. The average molecular weight is 171 g/mol. The van der Waals surface area contributed by atoms with Gasteiger partial charge >= 0.3 is 0 Å². The van der Waals surface area contributed by atoms with Crippen LogP contribution in [0.25, 0.3) is 0 Å². The zero-order chi connectivity index (χ0) is 7.28. The Morgan fingerprint density at radius 2 is 2.00 bits per heavy atom. The van der Waals surface area contributed by atoms with E-state index in [4.69, 9.17) is 28.3 Å². The first kappa shape index (κ1) is 9.54. The molecule has 0 radical (unpaired) electrons. The standard InChI is InChI=1S/C6H12Cl2O/c1-2-3-4-5(7)6(8)9/h5-6,9H,2-4H2,1H3. The minimum Gasteiger partial charge on any atom is -0.376 e. The van der Waals surface area contributed by atoms with Gasteiger partial charge in [-0.2, -0.15) is 0 Å². The molecule has 0 aliphatic heterocycles. The van der Waals surface area contributed by atoms with Crippen molar-refractivity contribution in [2.24, 2.45) is 0 Å². The molecule has 0 spiro atoms. The van der Waals surface area contributed by atoms with Crippen LogP contribution in [-0.4, -0.2) is 16.0 Å². The minimum atomic E-state index is -0.891. The van der Waals surface area contributed by atoms with Gasteiger partial charge in [0, 0.05) is 0 Å². The molecular formula is C6H12Cl2O. The van der Waals surface area contributed by atoms with Gasteiger partial charge in [-0.25, -0.2) is 0 Å². The molecule has 9 heavy (non-hydrogen) atoms. The second kappa shape index (κ2) is 5.33. The number of halogens is 2. The predicted octanol–water partition coefficient (Wildman–Crippen LogP) is 2.34. The van der Waals surface area contributed by atoms with Crippen LogP contribution in [0, 0.1) is 0 Å². The van der Waals surface area contributed by atoms with Crippen LogP contribution in [0.1, 0.15) is 26.2 Å². The Morgan fingerprint density at radius 1 is 1.44 bits per heavy atom. The number of aliphatic hydroxyl groups excluding tert-OH is 1. The molecule has 3 heteroatoms. The molecule has 0 fully saturated rings. The van der Waals surface area contributed by atoms with Crippen molar-refractivity contribution >= 4 is 23.2 Å². The smallest absolute Gasteiger partial charge is 0.144 e. The highest BCUT2D eigenvalue weighted by atomic mass is 35.5. The highest BCUT2D eigenvalue weighted by Gasteiger charge is 2.11. The number of alkyl halides is 2. The van der Waals surface area contributed by atoms with Crippen molar-refractivity contribution in [1.29, 1.82) is 0 Å². The van der Waals surface area contributed by atoms with Crippen molar-refractivity contribution < 1.29 is 5.11 Å². The van der Waals surface area contributed by atoms with Crippen molar-refractivity contribution in [3.8, 4) is 0 Å². The molecule has 1 N–H and O–H groups in total. The Balaban J connectivity index is 3.16. The molecule has 0 aromatic carbocycles. The monoisotopic (exact) mass is 170 g/mol. The third kappa shape index (κ3) is 5.01. The molecule has 0 aliphatic rings. The summed E-state index contributed by atoms with van der Waals surface area (Å²) in [6, 6.07) is 0. The number of hydrogen-bond acceptors (Lipinski definition) is 1. The molecule has 0 aliphatic carbocycles. The van der Waals surface area contributed by atoms with Crippen molar-refractivity contribution in [3.05, 3.63) is 0 Å². The fourth-order valence-electron chi connectivity index (χ4n) is 0.537. The molecule has 56 valence electrons. The molecule has 1 nitrogen and oxygen atoms in total. The molecule has 0 aromatic rings. The topological polar surface area (TPSA) is 20.2 Å². The van der Waals surface area contributed by atoms with E-state index in [1.807, 2.05) is 0 Å². The van der Waals surface area contributed by atoms with Gasteiger partial charge in [0.1, 0.15) is 5.56 Å². The fraction of sp³-hybridized carbons (Fsp3) is 1.00. The van der Waals surface area contributed by atoms with Crippen LogP contribution in [0.4, 0.5) is 0 Å². The third-order valence-corrected chi connectivity index (χ3v) is 2.02. The summed E-state index contributed by atoms with van der Waals surface area (Å²) in [6.45, 7) is 2.07. The first-order valence-electron chi connectivity index (χ1n) is 3.14. The van der Waals surface area contributed by atoms with E-state index in [0.29, 0.717) is 0 Å². The van der Waals surface area contributed by atoms with E-state index in [1.165, 1.54) is 0 Å². The number of hydrogen-bond donors (Lipinski definition) is 1. The highest BCUT2D eigenvalue weighted by Crippen LogP contribution is 2.13. The van der Waals surface area contributed by atoms with Crippen LogP contribution in [0.15, 0.2) is 0 Å². The van der Waals surface area contributed by atoms with Crippen LogP contribution in [0.2, 0.25) is 0 Å². The van der Waals surface area contributed by atoms with Gasteiger partial charge in [-0.1, -0.05) is 31.4 Å². The van der Waals surface area contributed by atoms with Crippen LogP contribution in [0.5, 0.6) is 0 Å². The van der Waals surface area contributed by atoms with Gasteiger partial charge in [0.15, 0.2) is 0 Å². The molecule has 0 bridgehead atoms. The molecule has 0 heterocycles. The van der Waals surface area contributed by atoms with E-state index < -0.39 is 5.56 Å². The molecule has 2 unspecified atom stereocenters. The summed E-state index contributed by atoms with van der Waals surface area (Å²) in [4.78, 5) is 0. The summed E-state index contributed by atoms with van der Waals surface area (Å²) in [5, 5.41) is 8.40. The van der Waals surface area contributed by atoms with E-state index in [1.54, 1.807) is 0 Å². The highest BCUT2D eigenvalue weighted by molar-refractivity contribution is 6.29. The second-order valence-corrected chi connectivity index (χ2v) is 3.04. The van der Waals surface area contributed by atoms with Crippen molar-refractivity contribution in [2.75, 3.05) is 0 Å². The van der Waals surface area contributed by atoms with Crippen molar-refractivity contribution in [2.45, 2.75) is 37.1 Å². The first-order chi connectivity index (χ1) is 4.18. The maximum absolute atomic E-state index is 8.68. The summed E-state index contributed by atoms with van der Waals surface area (Å²) < 4.78 is 0. The van der Waals surface area contributed by atoms with Gasteiger partial charge in [0.25, 0.3) is 0 Å². The van der Waals surface area contributed by atoms with Crippen molar-refractivity contribution in [3.63, 3.8) is 0 Å². The zero-order valence-corrected chi connectivity index (χ0v) is 6.99. The Kier molecular flexibility index (Phi) is 5.65. The quantitative estimate of drug-likeness (QED) is 0.643. The molecule has 2 atom stereocenters. The third-order valence-electron chi connectivity index (χ3n) is 1.13. The summed E-state index contributed by atoms with van der Waals surface area (Å²) in [6.07, 6.45) is 2.91. The van der Waals surface area contributed by atoms with E-state index in [0.717, 1.165) is 19.3 Å². The van der Waals surface area contributed by atoms with Gasteiger partial charge in [-0.05, 0) is 6.42 Å². The Bertz CT molecular complexity index is 66.1. The molecule has 0 saturated carbocycles. The Hall–Kier alpha value is 0.540. The van der Waals surface area contributed by atoms with Crippen LogP contribution in [-0.2, 0) is 0 Å². The van der Waals surface area contributed by atoms with Gasteiger partial charge in [0.2, 0.25) is 0 Å². The lowest BCUT2D eigenvalue weighted by atomic mass is 10.2. The number of aliphatic hydroxyl groups is 1. The maximum Gasteiger partial charge on any atom is 0.144 e. The van der Waals surface area contributed by atoms with E-state index in [2.05, 4.69) is 6.92 Å². The molecule has 0 amide bonds. The van der Waals surface area contributed by atoms with Crippen LogP contribution >= 0.6 is 23.2 Å². The van der Waals surface area contributed by atoms with E-state index in [-0.39, 0.29) is 5.38 Å². The largest absolute Gasteiger partial charge is 0.376 e. The lowest BCUT2D eigenvalue weighted by Gasteiger charge is -2.08. The van der Waals surface area contributed by atoms with E-state index in [9.17, 15) is 0 Å². The van der Waals surface area contributed by atoms with Crippen LogP contribution in [0.3, 0.4) is 0 Å². The maximum atomic E-state index is 8.68. The molecule has 0 saturated heterocycles. The fourth-order valence-corrected chi connectivity index (χ4v) is 0.817. The molecule has 0 rings (SSSR count). The summed E-state index contributed by atoms with van der Waals surface area (Å²) in [5.41, 5.74) is -0.891. The van der Waals surface area contributed by atoms with Crippen LogP contribution < -0.4 is 0 Å². The Morgan fingerprint density at radius 3 is 2.33 bits per heavy atom. The second-order valence-electron chi connectivity index (χ2n) is 2.03. The Labute approximate surface area is 66.0 Å². The minimum absolute atomic E-state index is 0.286. The van der Waals surface area contributed by atoms with Crippen molar-refractivity contribution in [1.82, 2.24) is 0 Å². The summed E-state index contributed by atoms with van der Waals surface area (Å²) >= 11 is 10.9. The first-order valence-corrected chi connectivity index (χ1v) is 4.02. The molecular weight excluding hydrogens is 159 g/mol. The SMILES string of the molecule is CCCCC(Cl)C(O)Cl. The van der Waals surface area contributed by atoms with Gasteiger partial charge in [0.05, 0.1) is 5.38 Å². The lowest BCUT2D eigenvalue weighted by Crippen LogP contribution is -2.13. The average Bonchev–Trinajstić information content (AvgIpc) is 1.82. The zero-order valence-electron chi connectivity index (χ0n) is 5.48. The number of rotatable bonds is 4. The number of unbranched alkanes of at least 4 members (excludes halogenated alkanes) is 1. The summed E-state index contributed by atoms with van der Waals surface area (Å²) in [7, 11) is 0. The lowest BCUT2D eigenvalue weighted by molar-refractivity contribution is 0.244. The van der Waals surface area contributed by atoms with Gasteiger partial charge in [-0.15, -0.1) is 11.6 Å². The molecule has 0 aromatic heterocycles. The predicted molar refractivity (Wildman–Crippen MR) is 41.0 cm³/mol. The van der Waals surface area contributed by atoms with Gasteiger partial charge in [-0.3, -0.25) is 0 Å².